The first-order valence-electron chi connectivity index (χ1n) is 12.5. The van der Waals surface area contributed by atoms with E-state index in [1.807, 2.05) is 12.1 Å². The highest BCUT2D eigenvalue weighted by atomic mass is 16.5. The monoisotopic (exact) mass is 465 g/mol. The van der Waals surface area contributed by atoms with Crippen LogP contribution in [0, 0.1) is 5.92 Å². The molecule has 34 heavy (non-hydrogen) atoms. The number of nitrogens with one attached hydrogen (secondary N) is 2. The number of piperidine rings is 3. The van der Waals surface area contributed by atoms with Crippen LogP contribution in [0.4, 0.5) is 4.79 Å². The molecule has 3 fully saturated rings. The molecule has 2 aromatic carbocycles. The molecule has 2 N–H and O–H groups in total. The number of carbonyl (C=O) groups excluding carboxylic acids is 1. The standard InChI is InChI=1S/C28H39N3O3/c1-5-28(20-31-16-14-24(28)15-17-31)30-26(32)29-27(2,3)23-10-6-21(7-11-23)22-8-12-25(13-9-22)34-19-18-33-4/h6-13,24H,5,14-20H2,1-4H3,(H2,29,30,32). The Morgan fingerprint density at radius 2 is 1.65 bits per heavy atom. The van der Waals surface area contributed by atoms with E-state index in [2.05, 4.69) is 72.7 Å². The van der Waals surface area contributed by atoms with E-state index in [4.69, 9.17) is 9.47 Å². The van der Waals surface area contributed by atoms with Crippen molar-refractivity contribution in [2.24, 2.45) is 5.92 Å². The Balaban J connectivity index is 1.38. The molecule has 1 atom stereocenters. The van der Waals surface area contributed by atoms with Crippen LogP contribution in [0.3, 0.4) is 0 Å². The zero-order chi connectivity index (χ0) is 24.2. The maximum Gasteiger partial charge on any atom is 0.315 e. The van der Waals surface area contributed by atoms with Gasteiger partial charge in [0.1, 0.15) is 12.4 Å². The van der Waals surface area contributed by atoms with Crippen molar-refractivity contribution in [1.82, 2.24) is 15.5 Å². The lowest BCUT2D eigenvalue weighted by atomic mass is 9.71. The van der Waals surface area contributed by atoms with E-state index in [9.17, 15) is 4.79 Å². The minimum atomic E-state index is -0.482. The summed E-state index contributed by atoms with van der Waals surface area (Å²) in [5.74, 6) is 1.41. The molecule has 6 heteroatoms. The molecule has 3 heterocycles. The summed E-state index contributed by atoms with van der Waals surface area (Å²) in [5, 5.41) is 6.62. The van der Waals surface area contributed by atoms with Crippen molar-refractivity contribution < 1.29 is 14.3 Å². The van der Waals surface area contributed by atoms with E-state index in [1.54, 1.807) is 7.11 Å². The molecule has 184 valence electrons. The first-order chi connectivity index (χ1) is 16.3. The topological polar surface area (TPSA) is 62.8 Å². The Hall–Kier alpha value is -2.57. The Labute approximate surface area is 204 Å². The van der Waals surface area contributed by atoms with Gasteiger partial charge in [-0.3, -0.25) is 0 Å². The van der Waals surface area contributed by atoms with Gasteiger partial charge in [0, 0.05) is 13.7 Å². The summed E-state index contributed by atoms with van der Waals surface area (Å²) in [7, 11) is 1.67. The van der Waals surface area contributed by atoms with E-state index in [0.29, 0.717) is 19.1 Å². The second kappa shape index (κ2) is 10.4. The fourth-order valence-electron chi connectivity index (χ4n) is 5.48. The number of fused-ring (bicyclic) bond motifs is 3. The average Bonchev–Trinajstić information content (AvgIpc) is 2.85. The number of amides is 2. The van der Waals surface area contributed by atoms with Gasteiger partial charge < -0.3 is 25.0 Å². The summed E-state index contributed by atoms with van der Waals surface area (Å²) in [6.45, 7) is 10.7. The Morgan fingerprint density at radius 1 is 1.03 bits per heavy atom. The van der Waals surface area contributed by atoms with E-state index in [0.717, 1.165) is 48.5 Å². The third-order valence-electron chi connectivity index (χ3n) is 7.64. The molecule has 5 rings (SSSR count). The van der Waals surface area contributed by atoms with Gasteiger partial charge in [0.2, 0.25) is 0 Å². The number of hydrogen-bond acceptors (Lipinski definition) is 4. The minimum Gasteiger partial charge on any atom is -0.491 e. The smallest absolute Gasteiger partial charge is 0.315 e. The molecule has 2 bridgehead atoms. The van der Waals surface area contributed by atoms with Crippen LogP contribution >= 0.6 is 0 Å². The molecule has 0 aromatic heterocycles. The van der Waals surface area contributed by atoms with Crippen LogP contribution in [-0.2, 0) is 10.3 Å². The summed E-state index contributed by atoms with van der Waals surface area (Å²) in [5.41, 5.74) is 2.74. The van der Waals surface area contributed by atoms with Crippen molar-refractivity contribution >= 4 is 6.03 Å². The van der Waals surface area contributed by atoms with E-state index >= 15 is 0 Å². The molecule has 2 amide bonds. The van der Waals surface area contributed by atoms with E-state index < -0.39 is 5.54 Å². The van der Waals surface area contributed by atoms with E-state index in [-0.39, 0.29) is 11.6 Å². The number of hydrogen-bond donors (Lipinski definition) is 2. The molecule has 3 aliphatic rings. The van der Waals surface area contributed by atoms with Crippen molar-refractivity contribution in [3.63, 3.8) is 0 Å². The highest BCUT2D eigenvalue weighted by Crippen LogP contribution is 2.38. The Kier molecular flexibility index (Phi) is 7.48. The van der Waals surface area contributed by atoms with Crippen LogP contribution < -0.4 is 15.4 Å². The van der Waals surface area contributed by atoms with Gasteiger partial charge in [0.05, 0.1) is 17.7 Å². The number of methoxy groups -OCH3 is 1. The van der Waals surface area contributed by atoms with Gasteiger partial charge in [-0.15, -0.1) is 0 Å². The summed E-state index contributed by atoms with van der Waals surface area (Å²) in [6, 6.07) is 16.4. The summed E-state index contributed by atoms with van der Waals surface area (Å²) in [6.07, 6.45) is 3.32. The van der Waals surface area contributed by atoms with Crippen LogP contribution in [-0.4, -0.2) is 56.4 Å². The molecule has 0 spiro atoms. The van der Waals surface area contributed by atoms with Crippen LogP contribution in [0.1, 0.15) is 45.6 Å². The molecule has 0 aliphatic carbocycles. The number of benzene rings is 2. The maximum atomic E-state index is 13.1. The maximum absolute atomic E-state index is 13.1. The molecule has 0 saturated carbocycles. The second-order valence-corrected chi connectivity index (χ2v) is 10.2. The fourth-order valence-corrected chi connectivity index (χ4v) is 5.48. The lowest BCUT2D eigenvalue weighted by molar-refractivity contribution is 0.00985. The van der Waals surface area contributed by atoms with E-state index in [1.165, 1.54) is 12.8 Å². The van der Waals surface area contributed by atoms with Crippen molar-refractivity contribution in [2.75, 3.05) is 40.0 Å². The highest BCUT2D eigenvalue weighted by molar-refractivity contribution is 5.76. The number of carbonyl (C=O) groups is 1. The van der Waals surface area contributed by atoms with Crippen molar-refractivity contribution in [1.29, 1.82) is 0 Å². The molecule has 1 unspecified atom stereocenters. The van der Waals surface area contributed by atoms with Crippen molar-refractivity contribution in [3.05, 3.63) is 54.1 Å². The summed E-state index contributed by atoms with van der Waals surface area (Å²) in [4.78, 5) is 15.6. The van der Waals surface area contributed by atoms with Crippen molar-refractivity contribution in [2.45, 2.75) is 51.1 Å². The van der Waals surface area contributed by atoms with Gasteiger partial charge in [-0.05, 0) is 80.9 Å². The molecule has 0 radical (unpaired) electrons. The lowest BCUT2D eigenvalue weighted by Crippen LogP contribution is -2.68. The van der Waals surface area contributed by atoms with Gasteiger partial charge >= 0.3 is 6.03 Å². The van der Waals surface area contributed by atoms with Gasteiger partial charge in [-0.2, -0.15) is 0 Å². The van der Waals surface area contributed by atoms with Crippen molar-refractivity contribution in [3.8, 4) is 16.9 Å². The van der Waals surface area contributed by atoms with Gasteiger partial charge in [0.25, 0.3) is 0 Å². The molecule has 3 aliphatic heterocycles. The SMILES string of the molecule is CCC1(NC(=O)NC(C)(C)c2ccc(-c3ccc(OCCOC)cc3)cc2)CN2CCC1CC2. The first-order valence-corrected chi connectivity index (χ1v) is 12.5. The van der Waals surface area contributed by atoms with Crippen LogP contribution in [0.2, 0.25) is 0 Å². The number of nitrogens with zero attached hydrogens (tertiary/aromatic N) is 1. The minimum absolute atomic E-state index is 0.0752. The van der Waals surface area contributed by atoms with Gasteiger partial charge in [0.15, 0.2) is 0 Å². The van der Waals surface area contributed by atoms with Crippen LogP contribution in [0.25, 0.3) is 11.1 Å². The zero-order valence-corrected chi connectivity index (χ0v) is 21.0. The fraction of sp³-hybridized carbons (Fsp3) is 0.536. The Bertz CT molecular complexity index is 950. The Morgan fingerprint density at radius 3 is 2.18 bits per heavy atom. The largest absolute Gasteiger partial charge is 0.491 e. The quantitative estimate of drug-likeness (QED) is 0.523. The number of ether oxygens (including phenoxy) is 2. The molecular formula is C28H39N3O3. The van der Waals surface area contributed by atoms with Crippen LogP contribution in [0.15, 0.2) is 48.5 Å². The van der Waals surface area contributed by atoms with Crippen LogP contribution in [0.5, 0.6) is 5.75 Å². The lowest BCUT2D eigenvalue weighted by Gasteiger charge is -2.53. The van der Waals surface area contributed by atoms with Gasteiger partial charge in [-0.25, -0.2) is 4.79 Å². The third kappa shape index (κ3) is 5.39. The predicted molar refractivity (Wildman–Crippen MR) is 136 cm³/mol. The highest BCUT2D eigenvalue weighted by Gasteiger charge is 2.46. The van der Waals surface area contributed by atoms with Gasteiger partial charge in [-0.1, -0.05) is 43.3 Å². The number of rotatable bonds is 9. The molecular weight excluding hydrogens is 426 g/mol. The summed E-state index contributed by atoms with van der Waals surface area (Å²) >= 11 is 0. The second-order valence-electron chi connectivity index (χ2n) is 10.2. The predicted octanol–water partition coefficient (Wildman–Crippen LogP) is 4.79. The average molecular weight is 466 g/mol. The first kappa shape index (κ1) is 24.6. The molecule has 6 nitrogen and oxygen atoms in total. The summed E-state index contributed by atoms with van der Waals surface area (Å²) < 4.78 is 10.7. The number of urea groups is 1. The third-order valence-corrected chi connectivity index (χ3v) is 7.64. The molecule has 2 aromatic rings. The zero-order valence-electron chi connectivity index (χ0n) is 21.0. The normalized spacial score (nSPS) is 24.0. The molecule has 3 saturated heterocycles.